The molecule has 2 aliphatic rings. The molecule has 0 saturated carbocycles. The normalized spacial score (nSPS) is 17.6. The molecule has 0 aliphatic carbocycles. The zero-order chi connectivity index (χ0) is 27.6. The van der Waals surface area contributed by atoms with Gasteiger partial charge in [0, 0.05) is 6.54 Å². The molecule has 2 heterocycles. The molecule has 2 aliphatic heterocycles. The van der Waals surface area contributed by atoms with Crippen LogP contribution in [0.5, 0.6) is 17.2 Å². The molecular weight excluding hydrogens is 511 g/mol. The topological polar surface area (TPSA) is 68.2 Å². The third kappa shape index (κ3) is 5.98. The highest BCUT2D eigenvalue weighted by Crippen LogP contribution is 2.39. The van der Waals surface area contributed by atoms with Gasteiger partial charge in [-0.1, -0.05) is 36.8 Å². The van der Waals surface area contributed by atoms with Crippen LogP contribution in [0.25, 0.3) is 11.1 Å². The lowest BCUT2D eigenvalue weighted by Crippen LogP contribution is -2.44. The number of hydrogen-bond acceptors (Lipinski definition) is 5. The van der Waals surface area contributed by atoms with Crippen LogP contribution < -0.4 is 14.2 Å². The second-order valence-electron chi connectivity index (χ2n) is 9.89. The van der Waals surface area contributed by atoms with Crippen LogP contribution in [-0.4, -0.2) is 41.8 Å². The standard InChI is InChI=1S/C30H30F3NO5/c1-19-22(5-4-6-23(19)21-9-11-27-28(16-21)38-14-13-37-27)18-39-26-10-8-20(15-24(26)30(31,32)33)17-34-12-3-2-7-25(34)29(35)36/h4-6,8-11,15-16,25H,2-3,7,12-14,17-18H2,1H3,(H,35,36). The number of ether oxygens (including phenoxy) is 3. The van der Waals surface area contributed by atoms with Crippen LogP contribution in [-0.2, 0) is 24.1 Å². The summed E-state index contributed by atoms with van der Waals surface area (Å²) < 4.78 is 59.1. The molecule has 1 fully saturated rings. The van der Waals surface area contributed by atoms with Crippen molar-refractivity contribution in [2.45, 2.75) is 51.6 Å². The van der Waals surface area contributed by atoms with Gasteiger partial charge in [0.15, 0.2) is 11.5 Å². The SMILES string of the molecule is Cc1c(COc2ccc(CN3CCCCC3C(=O)O)cc2C(F)(F)F)cccc1-c1ccc2c(c1)OCCO2. The number of aliphatic carboxylic acids is 1. The molecule has 0 amide bonds. The summed E-state index contributed by atoms with van der Waals surface area (Å²) >= 11 is 0. The van der Waals surface area contributed by atoms with E-state index in [1.807, 2.05) is 43.3 Å². The molecule has 3 aromatic rings. The van der Waals surface area contributed by atoms with E-state index >= 15 is 0 Å². The molecule has 0 radical (unpaired) electrons. The van der Waals surface area contributed by atoms with E-state index in [9.17, 15) is 23.1 Å². The first-order chi connectivity index (χ1) is 18.7. The van der Waals surface area contributed by atoms with E-state index in [0.717, 1.165) is 41.2 Å². The Bertz CT molecular complexity index is 1360. The predicted molar refractivity (Wildman–Crippen MR) is 139 cm³/mol. The van der Waals surface area contributed by atoms with Gasteiger partial charge in [-0.05, 0) is 78.4 Å². The molecule has 1 atom stereocenters. The van der Waals surface area contributed by atoms with E-state index in [0.29, 0.717) is 43.2 Å². The highest BCUT2D eigenvalue weighted by Gasteiger charge is 2.35. The Kier molecular flexibility index (Phi) is 7.70. The number of rotatable bonds is 7. The Morgan fingerprint density at radius 2 is 1.85 bits per heavy atom. The number of likely N-dealkylation sites (tertiary alicyclic amines) is 1. The average molecular weight is 542 g/mol. The summed E-state index contributed by atoms with van der Waals surface area (Å²) in [7, 11) is 0. The fourth-order valence-electron chi connectivity index (χ4n) is 5.24. The largest absolute Gasteiger partial charge is 0.488 e. The minimum Gasteiger partial charge on any atom is -0.488 e. The fourth-order valence-corrected chi connectivity index (χ4v) is 5.24. The molecule has 39 heavy (non-hydrogen) atoms. The molecule has 9 heteroatoms. The van der Waals surface area contributed by atoms with Crippen molar-refractivity contribution in [2.24, 2.45) is 0 Å². The lowest BCUT2D eigenvalue weighted by molar-refractivity contribution is -0.145. The van der Waals surface area contributed by atoms with Crippen LogP contribution in [0.1, 0.15) is 41.5 Å². The van der Waals surface area contributed by atoms with E-state index in [1.165, 1.54) is 6.07 Å². The van der Waals surface area contributed by atoms with Gasteiger partial charge in [-0.3, -0.25) is 9.69 Å². The van der Waals surface area contributed by atoms with Gasteiger partial charge in [0.05, 0.1) is 5.56 Å². The van der Waals surface area contributed by atoms with Gasteiger partial charge in [0.1, 0.15) is 31.6 Å². The predicted octanol–water partition coefficient (Wildman–Crippen LogP) is 6.47. The minimum atomic E-state index is -4.62. The van der Waals surface area contributed by atoms with Gasteiger partial charge in [-0.25, -0.2) is 0 Å². The number of carbonyl (C=O) groups is 1. The summed E-state index contributed by atoms with van der Waals surface area (Å²) in [6.45, 7) is 3.52. The number of carboxylic acid groups (broad SMARTS) is 1. The summed E-state index contributed by atoms with van der Waals surface area (Å²) in [6.07, 6.45) is -2.51. The van der Waals surface area contributed by atoms with Crippen LogP contribution in [0.3, 0.4) is 0 Å². The van der Waals surface area contributed by atoms with E-state index in [1.54, 1.807) is 11.0 Å². The number of fused-ring (bicyclic) bond motifs is 1. The second-order valence-corrected chi connectivity index (χ2v) is 9.89. The Labute approximate surface area is 224 Å². The third-order valence-corrected chi connectivity index (χ3v) is 7.32. The minimum absolute atomic E-state index is 0.0418. The molecule has 1 unspecified atom stereocenters. The number of alkyl halides is 3. The zero-order valence-corrected chi connectivity index (χ0v) is 21.6. The maximum Gasteiger partial charge on any atom is 0.419 e. The van der Waals surface area contributed by atoms with Crippen molar-refractivity contribution < 1.29 is 37.3 Å². The number of nitrogens with zero attached hydrogens (tertiary/aromatic N) is 1. The van der Waals surface area contributed by atoms with Crippen molar-refractivity contribution in [3.05, 3.63) is 76.9 Å². The second kappa shape index (κ2) is 11.2. The molecule has 1 N–H and O–H groups in total. The molecule has 3 aromatic carbocycles. The summed E-state index contributed by atoms with van der Waals surface area (Å²) in [5.41, 5.74) is 3.02. The fraction of sp³-hybridized carbons (Fsp3) is 0.367. The Morgan fingerprint density at radius 3 is 2.62 bits per heavy atom. The first-order valence-corrected chi connectivity index (χ1v) is 13.0. The molecule has 206 valence electrons. The maximum atomic E-state index is 14.0. The maximum absolute atomic E-state index is 14.0. The Morgan fingerprint density at radius 1 is 1.05 bits per heavy atom. The molecule has 0 aromatic heterocycles. The van der Waals surface area contributed by atoms with Crippen molar-refractivity contribution in [2.75, 3.05) is 19.8 Å². The van der Waals surface area contributed by atoms with Crippen LogP contribution in [0.15, 0.2) is 54.6 Å². The molecule has 0 spiro atoms. The van der Waals surface area contributed by atoms with E-state index < -0.39 is 23.8 Å². The number of piperidine rings is 1. The lowest BCUT2D eigenvalue weighted by atomic mass is 9.96. The summed E-state index contributed by atoms with van der Waals surface area (Å²) in [5.74, 6) is 0.140. The summed E-state index contributed by atoms with van der Waals surface area (Å²) in [6, 6.07) is 14.6. The van der Waals surface area contributed by atoms with Gasteiger partial charge >= 0.3 is 12.1 Å². The van der Waals surface area contributed by atoms with Gasteiger partial charge in [-0.15, -0.1) is 0 Å². The van der Waals surface area contributed by atoms with Gasteiger partial charge in [0.2, 0.25) is 0 Å². The van der Waals surface area contributed by atoms with Crippen LogP contribution in [0.2, 0.25) is 0 Å². The number of halogens is 3. The Balaban J connectivity index is 1.36. The quantitative estimate of drug-likeness (QED) is 0.370. The smallest absolute Gasteiger partial charge is 0.419 e. The van der Waals surface area contributed by atoms with Crippen molar-refractivity contribution in [3.63, 3.8) is 0 Å². The molecule has 5 rings (SSSR count). The molecule has 1 saturated heterocycles. The van der Waals surface area contributed by atoms with E-state index in [-0.39, 0.29) is 18.9 Å². The lowest BCUT2D eigenvalue weighted by Gasteiger charge is -2.33. The van der Waals surface area contributed by atoms with Gasteiger partial charge < -0.3 is 19.3 Å². The van der Waals surface area contributed by atoms with Crippen molar-refractivity contribution >= 4 is 5.97 Å². The number of carboxylic acids is 1. The summed E-state index contributed by atoms with van der Waals surface area (Å²) in [4.78, 5) is 13.3. The number of hydrogen-bond donors (Lipinski definition) is 1. The highest BCUT2D eigenvalue weighted by atomic mass is 19.4. The molecule has 6 nitrogen and oxygen atoms in total. The van der Waals surface area contributed by atoms with Crippen molar-refractivity contribution in [3.8, 4) is 28.4 Å². The number of benzene rings is 3. The van der Waals surface area contributed by atoms with Gasteiger partial charge in [0.25, 0.3) is 0 Å². The van der Waals surface area contributed by atoms with Crippen molar-refractivity contribution in [1.29, 1.82) is 0 Å². The summed E-state index contributed by atoms with van der Waals surface area (Å²) in [5, 5.41) is 9.51. The average Bonchev–Trinajstić information content (AvgIpc) is 2.92. The Hall–Kier alpha value is -3.72. The van der Waals surface area contributed by atoms with E-state index in [4.69, 9.17) is 14.2 Å². The van der Waals surface area contributed by atoms with Crippen molar-refractivity contribution in [1.82, 2.24) is 4.90 Å². The zero-order valence-electron chi connectivity index (χ0n) is 21.6. The van der Waals surface area contributed by atoms with Crippen LogP contribution in [0, 0.1) is 6.92 Å². The van der Waals surface area contributed by atoms with Crippen LogP contribution >= 0.6 is 0 Å². The first-order valence-electron chi connectivity index (χ1n) is 13.0. The van der Waals surface area contributed by atoms with Crippen LogP contribution in [0.4, 0.5) is 13.2 Å². The van der Waals surface area contributed by atoms with Gasteiger partial charge in [-0.2, -0.15) is 13.2 Å². The molecular formula is C30H30F3NO5. The van der Waals surface area contributed by atoms with E-state index in [2.05, 4.69) is 0 Å². The monoisotopic (exact) mass is 541 g/mol. The first kappa shape index (κ1) is 26.9. The highest BCUT2D eigenvalue weighted by molar-refractivity contribution is 5.73. The third-order valence-electron chi connectivity index (χ3n) is 7.32. The molecule has 0 bridgehead atoms.